The van der Waals surface area contributed by atoms with Crippen molar-refractivity contribution in [2.75, 3.05) is 12.4 Å². The van der Waals surface area contributed by atoms with Crippen LogP contribution in [0.2, 0.25) is 0 Å². The van der Waals surface area contributed by atoms with E-state index in [4.69, 9.17) is 4.74 Å². The van der Waals surface area contributed by atoms with Crippen molar-refractivity contribution >= 4 is 11.2 Å². The number of nitrogens with one attached hydrogen (secondary N) is 1. The molecule has 0 saturated carbocycles. The summed E-state index contributed by atoms with van der Waals surface area (Å²) < 4.78 is 9.21. The van der Waals surface area contributed by atoms with Crippen LogP contribution in [0.25, 0.3) is 16.6 Å². The van der Waals surface area contributed by atoms with Gasteiger partial charge in [0.15, 0.2) is 0 Å². The number of hydrogen-bond donors (Lipinski definition) is 1. The molecule has 0 radical (unpaired) electrons. The van der Waals surface area contributed by atoms with Gasteiger partial charge in [-0.05, 0) is 6.07 Å². The quantitative estimate of drug-likeness (QED) is 0.602. The SMILES string of the molecule is COc1cc(-c2cnn(C)c2)cn2ncc(CNc3cncnc3)c12. The molecule has 0 aliphatic rings. The Kier molecular flexibility index (Phi) is 3.77. The lowest BCUT2D eigenvalue weighted by molar-refractivity contribution is 0.417. The van der Waals surface area contributed by atoms with Gasteiger partial charge in [0.25, 0.3) is 0 Å². The summed E-state index contributed by atoms with van der Waals surface area (Å²) in [6.45, 7) is 0.597. The number of nitrogens with zero attached hydrogens (tertiary/aromatic N) is 6. The second-order valence-electron chi connectivity index (χ2n) is 5.64. The molecule has 0 unspecified atom stereocenters. The number of aromatic nitrogens is 6. The molecule has 4 rings (SSSR count). The molecule has 4 aromatic rings. The lowest BCUT2D eigenvalue weighted by atomic mass is 10.1. The van der Waals surface area contributed by atoms with Crippen LogP contribution in [-0.4, -0.2) is 36.5 Å². The van der Waals surface area contributed by atoms with E-state index < -0.39 is 0 Å². The fraction of sp³-hybridized carbons (Fsp3) is 0.176. The summed E-state index contributed by atoms with van der Waals surface area (Å²) >= 11 is 0. The predicted molar refractivity (Wildman–Crippen MR) is 93.3 cm³/mol. The van der Waals surface area contributed by atoms with E-state index in [2.05, 4.69) is 25.5 Å². The van der Waals surface area contributed by atoms with Gasteiger partial charge in [0, 0.05) is 42.7 Å². The van der Waals surface area contributed by atoms with Gasteiger partial charge in [-0.2, -0.15) is 10.2 Å². The minimum atomic E-state index is 0.597. The van der Waals surface area contributed by atoms with Crippen LogP contribution in [0.4, 0.5) is 5.69 Å². The van der Waals surface area contributed by atoms with Crippen molar-refractivity contribution in [2.24, 2.45) is 7.05 Å². The second-order valence-corrected chi connectivity index (χ2v) is 5.64. The van der Waals surface area contributed by atoms with Crippen molar-refractivity contribution in [2.45, 2.75) is 6.54 Å². The molecule has 0 spiro atoms. The molecule has 8 nitrogen and oxygen atoms in total. The van der Waals surface area contributed by atoms with Crippen LogP contribution in [0.1, 0.15) is 5.56 Å². The summed E-state index contributed by atoms with van der Waals surface area (Å²) in [5.74, 6) is 0.764. The Morgan fingerprint density at radius 3 is 2.60 bits per heavy atom. The van der Waals surface area contributed by atoms with Crippen molar-refractivity contribution in [3.63, 3.8) is 0 Å². The molecule has 0 bridgehead atoms. The zero-order valence-electron chi connectivity index (χ0n) is 13.9. The third-order valence-electron chi connectivity index (χ3n) is 3.95. The first-order valence-corrected chi connectivity index (χ1v) is 7.77. The third kappa shape index (κ3) is 2.89. The van der Waals surface area contributed by atoms with Gasteiger partial charge in [-0.15, -0.1) is 0 Å². The van der Waals surface area contributed by atoms with Gasteiger partial charge in [0.2, 0.25) is 0 Å². The summed E-state index contributed by atoms with van der Waals surface area (Å²) in [5, 5.41) is 12.0. The standard InChI is InChI=1S/C17H17N7O/c1-23-9-14(6-21-23)12-3-16(25-2)17-13(5-22-24(17)10-12)4-20-15-7-18-11-19-8-15/h3,5-11,20H,4H2,1-2H3. The topological polar surface area (TPSA) is 82.2 Å². The maximum Gasteiger partial charge on any atom is 0.145 e. The van der Waals surface area contributed by atoms with Crippen molar-refractivity contribution in [3.8, 4) is 16.9 Å². The zero-order chi connectivity index (χ0) is 17.2. The number of ether oxygens (including phenoxy) is 1. The number of anilines is 1. The van der Waals surface area contributed by atoms with Gasteiger partial charge in [0.1, 0.15) is 17.6 Å². The first-order valence-electron chi connectivity index (χ1n) is 7.77. The number of pyridine rings is 1. The summed E-state index contributed by atoms with van der Waals surface area (Å²) in [4.78, 5) is 8.00. The molecule has 0 amide bonds. The van der Waals surface area contributed by atoms with E-state index in [-0.39, 0.29) is 0 Å². The summed E-state index contributed by atoms with van der Waals surface area (Å²) in [6.07, 6.45) is 12.6. The van der Waals surface area contributed by atoms with E-state index >= 15 is 0 Å². The molecule has 25 heavy (non-hydrogen) atoms. The highest BCUT2D eigenvalue weighted by atomic mass is 16.5. The zero-order valence-corrected chi connectivity index (χ0v) is 13.9. The molecule has 0 aromatic carbocycles. The molecule has 8 heteroatoms. The van der Waals surface area contributed by atoms with E-state index in [0.29, 0.717) is 6.54 Å². The molecule has 4 heterocycles. The lowest BCUT2D eigenvalue weighted by Crippen LogP contribution is -2.01. The van der Waals surface area contributed by atoms with Crippen molar-refractivity contribution in [3.05, 3.63) is 55.1 Å². The normalized spacial score (nSPS) is 11.0. The Labute approximate surface area is 144 Å². The van der Waals surface area contributed by atoms with Gasteiger partial charge >= 0.3 is 0 Å². The molecule has 126 valence electrons. The monoisotopic (exact) mass is 335 g/mol. The molecule has 0 fully saturated rings. The Balaban J connectivity index is 1.70. The summed E-state index contributed by atoms with van der Waals surface area (Å²) in [7, 11) is 3.56. The summed E-state index contributed by atoms with van der Waals surface area (Å²) in [6, 6.07) is 2.00. The van der Waals surface area contributed by atoms with E-state index in [9.17, 15) is 0 Å². The predicted octanol–water partition coefficient (Wildman–Crippen LogP) is 2.15. The van der Waals surface area contributed by atoms with Crippen LogP contribution in [0.5, 0.6) is 5.75 Å². The molecular formula is C17H17N7O. The molecule has 1 N–H and O–H groups in total. The van der Waals surface area contributed by atoms with Gasteiger partial charge in [-0.25, -0.2) is 14.5 Å². The van der Waals surface area contributed by atoms with Crippen LogP contribution in [-0.2, 0) is 13.6 Å². The number of aryl methyl sites for hydroxylation is 1. The lowest BCUT2D eigenvalue weighted by Gasteiger charge is -2.09. The van der Waals surface area contributed by atoms with Crippen LogP contribution < -0.4 is 10.1 Å². The maximum atomic E-state index is 5.61. The highest BCUT2D eigenvalue weighted by Crippen LogP contribution is 2.30. The molecule has 0 saturated heterocycles. The molecule has 0 aliphatic heterocycles. The number of hydrogen-bond acceptors (Lipinski definition) is 6. The Morgan fingerprint density at radius 1 is 1.04 bits per heavy atom. The maximum absolute atomic E-state index is 5.61. The van der Waals surface area contributed by atoms with Crippen LogP contribution in [0.15, 0.2) is 49.6 Å². The van der Waals surface area contributed by atoms with Crippen molar-refractivity contribution in [1.82, 2.24) is 29.4 Å². The summed E-state index contributed by atoms with van der Waals surface area (Å²) in [5.41, 5.74) is 4.82. The fourth-order valence-electron chi connectivity index (χ4n) is 2.75. The molecule has 4 aromatic heterocycles. The van der Waals surface area contributed by atoms with Crippen molar-refractivity contribution in [1.29, 1.82) is 0 Å². The van der Waals surface area contributed by atoms with Crippen molar-refractivity contribution < 1.29 is 4.74 Å². The number of methoxy groups -OCH3 is 1. The Hall–Kier alpha value is -3.42. The second kappa shape index (κ2) is 6.23. The molecular weight excluding hydrogens is 318 g/mol. The van der Waals surface area contributed by atoms with Crippen LogP contribution in [0, 0.1) is 0 Å². The smallest absolute Gasteiger partial charge is 0.145 e. The molecule has 0 atom stereocenters. The van der Waals surface area contributed by atoms with Gasteiger partial charge in [-0.3, -0.25) is 4.68 Å². The van der Waals surface area contributed by atoms with E-state index in [1.165, 1.54) is 6.33 Å². The average molecular weight is 335 g/mol. The van der Waals surface area contributed by atoms with Gasteiger partial charge in [0.05, 0.1) is 37.6 Å². The highest BCUT2D eigenvalue weighted by molar-refractivity contribution is 5.73. The third-order valence-corrected chi connectivity index (χ3v) is 3.95. The van der Waals surface area contributed by atoms with Crippen LogP contribution in [0.3, 0.4) is 0 Å². The first kappa shape index (κ1) is 15.1. The fourth-order valence-corrected chi connectivity index (χ4v) is 2.75. The highest BCUT2D eigenvalue weighted by Gasteiger charge is 2.13. The van der Waals surface area contributed by atoms with E-state index in [1.807, 2.05) is 42.4 Å². The minimum absolute atomic E-state index is 0.597. The first-order chi connectivity index (χ1) is 12.2. The number of fused-ring (bicyclic) bond motifs is 1. The Bertz CT molecular complexity index is 1010. The van der Waals surface area contributed by atoms with Gasteiger partial charge < -0.3 is 10.1 Å². The van der Waals surface area contributed by atoms with E-state index in [0.717, 1.165) is 33.6 Å². The number of rotatable bonds is 5. The van der Waals surface area contributed by atoms with Gasteiger partial charge in [-0.1, -0.05) is 0 Å². The minimum Gasteiger partial charge on any atom is -0.494 e. The van der Waals surface area contributed by atoms with E-state index in [1.54, 1.807) is 24.2 Å². The Morgan fingerprint density at radius 2 is 1.88 bits per heavy atom. The molecule has 0 aliphatic carbocycles. The average Bonchev–Trinajstić information content (AvgIpc) is 3.26. The largest absolute Gasteiger partial charge is 0.494 e. The van der Waals surface area contributed by atoms with Crippen LogP contribution >= 0.6 is 0 Å².